The lowest BCUT2D eigenvalue weighted by Gasteiger charge is -2.08. The second-order valence-electron chi connectivity index (χ2n) is 4.17. The lowest BCUT2D eigenvalue weighted by atomic mass is 10.2. The van der Waals surface area contributed by atoms with E-state index in [1.807, 2.05) is 13.0 Å². The van der Waals surface area contributed by atoms with E-state index in [0.29, 0.717) is 24.5 Å². The number of halogens is 1. The predicted molar refractivity (Wildman–Crippen MR) is 72.4 cm³/mol. The highest BCUT2D eigenvalue weighted by molar-refractivity contribution is 7.12. The molecule has 0 aliphatic carbocycles. The number of hydrogen-bond donors (Lipinski definition) is 1. The summed E-state index contributed by atoms with van der Waals surface area (Å²) < 4.78 is 19.3. The van der Waals surface area contributed by atoms with Gasteiger partial charge in [0.05, 0.1) is 0 Å². The van der Waals surface area contributed by atoms with E-state index in [2.05, 4.69) is 0 Å². The van der Waals surface area contributed by atoms with Crippen LogP contribution in [0.5, 0.6) is 5.75 Å². The number of thiophene rings is 1. The van der Waals surface area contributed by atoms with E-state index in [9.17, 15) is 4.39 Å². The minimum Gasteiger partial charge on any atom is -0.486 e. The Morgan fingerprint density at radius 3 is 2.78 bits per heavy atom. The van der Waals surface area contributed by atoms with Crippen molar-refractivity contribution in [3.05, 3.63) is 51.0 Å². The topological polar surface area (TPSA) is 35.2 Å². The normalized spacial score (nSPS) is 10.7. The van der Waals surface area contributed by atoms with Crippen molar-refractivity contribution in [1.29, 1.82) is 0 Å². The Balaban J connectivity index is 2.11. The van der Waals surface area contributed by atoms with Gasteiger partial charge in [-0.3, -0.25) is 0 Å². The lowest BCUT2D eigenvalue weighted by Crippen LogP contribution is -1.98. The van der Waals surface area contributed by atoms with Crippen LogP contribution in [0.15, 0.2) is 24.3 Å². The van der Waals surface area contributed by atoms with Gasteiger partial charge in [-0.2, -0.15) is 0 Å². The van der Waals surface area contributed by atoms with Gasteiger partial charge in [-0.25, -0.2) is 4.39 Å². The second-order valence-corrected chi connectivity index (χ2v) is 5.51. The van der Waals surface area contributed by atoms with Crippen LogP contribution >= 0.6 is 11.3 Å². The van der Waals surface area contributed by atoms with E-state index >= 15 is 0 Å². The molecule has 2 aromatic rings. The van der Waals surface area contributed by atoms with E-state index in [1.54, 1.807) is 36.5 Å². The first-order valence-electron chi connectivity index (χ1n) is 5.78. The standard InChI is InChI=1S/C14H16FNOS/c1-9-4-3-5-13(14(9)15)17-8-11-6-12(7-16)18-10(11)2/h3-6H,7-8,16H2,1-2H3. The zero-order valence-electron chi connectivity index (χ0n) is 10.5. The molecule has 0 radical (unpaired) electrons. The molecular weight excluding hydrogens is 249 g/mol. The van der Waals surface area contributed by atoms with E-state index in [1.165, 1.54) is 4.88 Å². The van der Waals surface area contributed by atoms with E-state index in [4.69, 9.17) is 10.5 Å². The quantitative estimate of drug-likeness (QED) is 0.917. The van der Waals surface area contributed by atoms with E-state index < -0.39 is 0 Å². The number of nitrogens with two attached hydrogens (primary N) is 1. The Morgan fingerprint density at radius 1 is 1.33 bits per heavy atom. The van der Waals surface area contributed by atoms with Crippen LogP contribution in [-0.2, 0) is 13.2 Å². The van der Waals surface area contributed by atoms with Crippen LogP contribution in [0.2, 0.25) is 0 Å². The highest BCUT2D eigenvalue weighted by Gasteiger charge is 2.09. The van der Waals surface area contributed by atoms with Gasteiger partial charge >= 0.3 is 0 Å². The Morgan fingerprint density at radius 2 is 2.11 bits per heavy atom. The lowest BCUT2D eigenvalue weighted by molar-refractivity contribution is 0.289. The van der Waals surface area contributed by atoms with Crippen molar-refractivity contribution >= 4 is 11.3 Å². The highest BCUT2D eigenvalue weighted by Crippen LogP contribution is 2.25. The van der Waals surface area contributed by atoms with Crippen molar-refractivity contribution < 1.29 is 9.13 Å². The minimum atomic E-state index is -0.288. The average molecular weight is 265 g/mol. The van der Waals surface area contributed by atoms with Gasteiger partial charge in [-0.05, 0) is 31.5 Å². The van der Waals surface area contributed by atoms with Gasteiger partial charge in [0.15, 0.2) is 11.6 Å². The molecule has 2 rings (SSSR count). The molecule has 0 saturated heterocycles. The van der Waals surface area contributed by atoms with Gasteiger partial charge < -0.3 is 10.5 Å². The molecule has 0 atom stereocenters. The monoisotopic (exact) mass is 265 g/mol. The van der Waals surface area contributed by atoms with Crippen molar-refractivity contribution in [3.8, 4) is 5.75 Å². The van der Waals surface area contributed by atoms with Crippen LogP contribution in [0, 0.1) is 19.7 Å². The maximum absolute atomic E-state index is 13.7. The van der Waals surface area contributed by atoms with Gasteiger partial charge in [0.2, 0.25) is 0 Å². The predicted octanol–water partition coefficient (Wildman–Crippen LogP) is 3.54. The van der Waals surface area contributed by atoms with Crippen LogP contribution in [0.1, 0.15) is 20.9 Å². The van der Waals surface area contributed by atoms with Crippen molar-refractivity contribution in [3.63, 3.8) is 0 Å². The molecule has 0 aliphatic heterocycles. The van der Waals surface area contributed by atoms with Gasteiger partial charge in [0, 0.05) is 21.9 Å². The Labute approximate surface area is 110 Å². The molecular formula is C14H16FNOS. The zero-order valence-corrected chi connectivity index (χ0v) is 11.3. The Kier molecular flexibility index (Phi) is 3.99. The fraction of sp³-hybridized carbons (Fsp3) is 0.286. The summed E-state index contributed by atoms with van der Waals surface area (Å²) >= 11 is 1.66. The van der Waals surface area contributed by atoms with Crippen LogP contribution in [-0.4, -0.2) is 0 Å². The molecule has 0 fully saturated rings. The summed E-state index contributed by atoms with van der Waals surface area (Å²) in [5.41, 5.74) is 7.26. The van der Waals surface area contributed by atoms with E-state index in [0.717, 1.165) is 10.4 Å². The molecule has 18 heavy (non-hydrogen) atoms. The highest BCUT2D eigenvalue weighted by atomic mass is 32.1. The number of ether oxygens (including phenoxy) is 1. The van der Waals surface area contributed by atoms with Crippen molar-refractivity contribution in [1.82, 2.24) is 0 Å². The molecule has 0 aliphatic rings. The third-order valence-electron chi connectivity index (χ3n) is 2.81. The van der Waals surface area contributed by atoms with Gasteiger partial charge in [0.1, 0.15) is 6.61 Å². The first kappa shape index (κ1) is 13.1. The fourth-order valence-corrected chi connectivity index (χ4v) is 2.65. The Hall–Kier alpha value is -1.39. The molecule has 0 saturated carbocycles. The van der Waals surface area contributed by atoms with Crippen molar-refractivity contribution in [2.75, 3.05) is 0 Å². The van der Waals surface area contributed by atoms with E-state index in [-0.39, 0.29) is 5.82 Å². The third-order valence-corrected chi connectivity index (χ3v) is 3.93. The summed E-state index contributed by atoms with van der Waals surface area (Å²) in [6.07, 6.45) is 0. The van der Waals surface area contributed by atoms with Crippen molar-refractivity contribution in [2.24, 2.45) is 5.73 Å². The largest absolute Gasteiger partial charge is 0.486 e. The molecule has 0 amide bonds. The van der Waals surface area contributed by atoms with Gasteiger partial charge in [-0.1, -0.05) is 12.1 Å². The van der Waals surface area contributed by atoms with Crippen LogP contribution in [0.4, 0.5) is 4.39 Å². The number of hydrogen-bond acceptors (Lipinski definition) is 3. The number of rotatable bonds is 4. The molecule has 0 unspecified atom stereocenters. The molecule has 4 heteroatoms. The molecule has 0 spiro atoms. The first-order chi connectivity index (χ1) is 8.61. The molecule has 0 bridgehead atoms. The summed E-state index contributed by atoms with van der Waals surface area (Å²) in [6, 6.07) is 7.19. The fourth-order valence-electron chi connectivity index (χ4n) is 1.72. The average Bonchev–Trinajstić information content (AvgIpc) is 2.72. The number of aryl methyl sites for hydroxylation is 2. The maximum Gasteiger partial charge on any atom is 0.167 e. The smallest absolute Gasteiger partial charge is 0.167 e. The molecule has 2 nitrogen and oxygen atoms in total. The molecule has 1 heterocycles. The van der Waals surface area contributed by atoms with Crippen LogP contribution < -0.4 is 10.5 Å². The molecule has 96 valence electrons. The SMILES string of the molecule is Cc1cccc(OCc2cc(CN)sc2C)c1F. The molecule has 1 aromatic carbocycles. The zero-order chi connectivity index (χ0) is 13.1. The first-order valence-corrected chi connectivity index (χ1v) is 6.59. The minimum absolute atomic E-state index is 0.288. The molecule has 2 N–H and O–H groups in total. The summed E-state index contributed by atoms with van der Waals surface area (Å²) in [5, 5.41) is 0. The molecule has 1 aromatic heterocycles. The van der Waals surface area contributed by atoms with Gasteiger partial charge in [-0.15, -0.1) is 11.3 Å². The van der Waals surface area contributed by atoms with Crippen LogP contribution in [0.25, 0.3) is 0 Å². The number of benzene rings is 1. The third kappa shape index (κ3) is 2.71. The summed E-state index contributed by atoms with van der Waals surface area (Å²) in [7, 11) is 0. The van der Waals surface area contributed by atoms with Crippen molar-refractivity contribution in [2.45, 2.75) is 27.0 Å². The summed E-state index contributed by atoms with van der Waals surface area (Å²) in [5.74, 6) is 0.0133. The summed E-state index contributed by atoms with van der Waals surface area (Å²) in [6.45, 7) is 4.66. The second kappa shape index (κ2) is 5.50. The summed E-state index contributed by atoms with van der Waals surface area (Å²) in [4.78, 5) is 2.29. The maximum atomic E-state index is 13.7. The van der Waals surface area contributed by atoms with Gasteiger partial charge in [0.25, 0.3) is 0 Å². The Bertz CT molecular complexity index is 551. The van der Waals surface area contributed by atoms with Crippen LogP contribution in [0.3, 0.4) is 0 Å².